The summed E-state index contributed by atoms with van der Waals surface area (Å²) in [6.45, 7) is 0. The van der Waals surface area contributed by atoms with Crippen LogP contribution in [0.25, 0.3) is 11.1 Å². The summed E-state index contributed by atoms with van der Waals surface area (Å²) in [7, 11) is 0. The lowest BCUT2D eigenvalue weighted by Crippen LogP contribution is -2.31. The van der Waals surface area contributed by atoms with Crippen molar-refractivity contribution in [3.8, 4) is 11.1 Å². The first kappa shape index (κ1) is 16.2. The number of aliphatic carboxylic acids is 1. The number of rotatable bonds is 6. The van der Waals surface area contributed by atoms with Crippen LogP contribution < -0.4 is 5.32 Å². The minimum absolute atomic E-state index is 0.221. The number of hydrogen-bond donors (Lipinski definition) is 2. The van der Waals surface area contributed by atoms with Crippen molar-refractivity contribution in [2.75, 3.05) is 0 Å². The third-order valence-corrected chi connectivity index (χ3v) is 4.16. The smallest absolute Gasteiger partial charge is 0.305 e. The highest BCUT2D eigenvalue weighted by Crippen LogP contribution is 2.34. The van der Waals surface area contributed by atoms with E-state index >= 15 is 0 Å². The molecule has 2 aromatic rings. The molecule has 1 aliphatic carbocycles. The van der Waals surface area contributed by atoms with E-state index in [0.29, 0.717) is 5.56 Å². The molecule has 3 rings (SSSR count). The van der Waals surface area contributed by atoms with E-state index in [9.17, 15) is 14.0 Å². The van der Waals surface area contributed by atoms with Gasteiger partial charge in [0.05, 0.1) is 18.4 Å². The van der Waals surface area contributed by atoms with Crippen molar-refractivity contribution in [3.05, 3.63) is 60.2 Å². The van der Waals surface area contributed by atoms with E-state index in [1.165, 1.54) is 0 Å². The van der Waals surface area contributed by atoms with E-state index in [-0.39, 0.29) is 12.8 Å². The summed E-state index contributed by atoms with van der Waals surface area (Å²) in [5.74, 6) is -2.06. The van der Waals surface area contributed by atoms with E-state index in [0.717, 1.165) is 11.1 Å². The van der Waals surface area contributed by atoms with Crippen LogP contribution in [0.4, 0.5) is 4.39 Å². The fourth-order valence-electron chi connectivity index (χ4n) is 2.68. The fraction of sp³-hybridized carbons (Fsp3) is 0.263. The summed E-state index contributed by atoms with van der Waals surface area (Å²) in [6, 6.07) is 16.5. The summed E-state index contributed by atoms with van der Waals surface area (Å²) < 4.78 is 13.0. The van der Waals surface area contributed by atoms with Crippen LogP contribution in [0.2, 0.25) is 0 Å². The molecule has 1 amide bonds. The summed E-state index contributed by atoms with van der Waals surface area (Å²) in [5, 5.41) is 11.7. The molecular weight excluding hydrogens is 309 g/mol. The van der Waals surface area contributed by atoms with Crippen molar-refractivity contribution >= 4 is 11.9 Å². The van der Waals surface area contributed by atoms with Crippen LogP contribution in [0, 0.1) is 5.92 Å². The molecule has 2 N–H and O–H groups in total. The van der Waals surface area contributed by atoms with Gasteiger partial charge in [0, 0.05) is 0 Å². The fourth-order valence-corrected chi connectivity index (χ4v) is 2.68. The number of amides is 1. The number of carbonyl (C=O) groups excluding carboxylic acids is 1. The third-order valence-electron chi connectivity index (χ3n) is 4.16. The minimum Gasteiger partial charge on any atom is -0.481 e. The molecule has 4 nitrogen and oxygen atoms in total. The van der Waals surface area contributed by atoms with Crippen LogP contribution in [0.1, 0.15) is 24.4 Å². The predicted molar refractivity (Wildman–Crippen MR) is 88.0 cm³/mol. The molecule has 0 unspecified atom stereocenters. The molecule has 0 bridgehead atoms. The van der Waals surface area contributed by atoms with Gasteiger partial charge in [-0.3, -0.25) is 9.59 Å². The SMILES string of the molecule is O=C(O)C[C@@H](NC(=O)[C@@H]1C[C@@H]1F)c1ccc(-c2ccccc2)cc1. The number of halogens is 1. The number of carboxylic acid groups (broad SMARTS) is 1. The van der Waals surface area contributed by atoms with Gasteiger partial charge in [-0.1, -0.05) is 54.6 Å². The van der Waals surface area contributed by atoms with Crippen molar-refractivity contribution in [1.29, 1.82) is 0 Å². The second-order valence-corrected chi connectivity index (χ2v) is 6.01. The van der Waals surface area contributed by atoms with Gasteiger partial charge in [0.25, 0.3) is 0 Å². The van der Waals surface area contributed by atoms with Gasteiger partial charge in [-0.05, 0) is 23.1 Å². The van der Waals surface area contributed by atoms with E-state index in [1.807, 2.05) is 42.5 Å². The molecule has 1 aliphatic rings. The van der Waals surface area contributed by atoms with Gasteiger partial charge in [0.1, 0.15) is 6.17 Å². The highest BCUT2D eigenvalue weighted by atomic mass is 19.1. The highest BCUT2D eigenvalue weighted by Gasteiger charge is 2.44. The first-order valence-corrected chi connectivity index (χ1v) is 7.86. The lowest BCUT2D eigenvalue weighted by atomic mass is 9.99. The quantitative estimate of drug-likeness (QED) is 0.855. The summed E-state index contributed by atoms with van der Waals surface area (Å²) in [4.78, 5) is 23.0. The topological polar surface area (TPSA) is 66.4 Å². The average molecular weight is 327 g/mol. The number of carbonyl (C=O) groups is 2. The van der Waals surface area contributed by atoms with Crippen LogP contribution in [0.5, 0.6) is 0 Å². The van der Waals surface area contributed by atoms with Gasteiger partial charge in [0.2, 0.25) is 5.91 Å². The Bertz CT molecular complexity index is 730. The number of alkyl halides is 1. The van der Waals surface area contributed by atoms with Crippen LogP contribution in [0.3, 0.4) is 0 Å². The monoisotopic (exact) mass is 327 g/mol. The van der Waals surface area contributed by atoms with Crippen LogP contribution in [-0.4, -0.2) is 23.2 Å². The molecule has 24 heavy (non-hydrogen) atoms. The maximum atomic E-state index is 13.0. The Morgan fingerprint density at radius 3 is 2.21 bits per heavy atom. The third kappa shape index (κ3) is 3.79. The first-order valence-electron chi connectivity index (χ1n) is 7.86. The maximum Gasteiger partial charge on any atom is 0.305 e. The highest BCUT2D eigenvalue weighted by molar-refractivity contribution is 5.83. The maximum absolute atomic E-state index is 13.0. The van der Waals surface area contributed by atoms with Gasteiger partial charge >= 0.3 is 5.97 Å². The lowest BCUT2D eigenvalue weighted by Gasteiger charge is -2.18. The minimum atomic E-state index is -1.10. The number of benzene rings is 2. The van der Waals surface area contributed by atoms with Crippen LogP contribution >= 0.6 is 0 Å². The Hall–Kier alpha value is -2.69. The van der Waals surface area contributed by atoms with Crippen molar-refractivity contribution < 1.29 is 19.1 Å². The molecule has 5 heteroatoms. The lowest BCUT2D eigenvalue weighted by molar-refractivity contribution is -0.137. The summed E-state index contributed by atoms with van der Waals surface area (Å²) in [6.07, 6.45) is -1.12. The number of hydrogen-bond acceptors (Lipinski definition) is 2. The molecular formula is C19H18FNO3. The zero-order chi connectivity index (χ0) is 17.1. The Balaban J connectivity index is 1.77. The molecule has 1 saturated carbocycles. The Labute approximate surface area is 139 Å². The van der Waals surface area contributed by atoms with Crippen LogP contribution in [0.15, 0.2) is 54.6 Å². The normalized spacial score (nSPS) is 20.2. The standard InChI is InChI=1S/C19H18FNO3/c20-16-10-15(16)19(24)21-17(11-18(22)23)14-8-6-13(7-9-14)12-4-2-1-3-5-12/h1-9,15-17H,10-11H2,(H,21,24)(H,22,23)/t15-,16+,17-/m1/s1. The zero-order valence-corrected chi connectivity index (χ0v) is 13.0. The van der Waals surface area contributed by atoms with Gasteiger partial charge in [0.15, 0.2) is 0 Å². The zero-order valence-electron chi connectivity index (χ0n) is 13.0. The van der Waals surface area contributed by atoms with Gasteiger partial charge in [-0.15, -0.1) is 0 Å². The van der Waals surface area contributed by atoms with E-state index in [2.05, 4.69) is 5.32 Å². The Kier molecular flexibility index (Phi) is 4.60. The molecule has 3 atom stereocenters. The van der Waals surface area contributed by atoms with Crippen LogP contribution in [-0.2, 0) is 9.59 Å². The first-order chi connectivity index (χ1) is 11.5. The molecule has 2 aromatic carbocycles. The second kappa shape index (κ2) is 6.83. The van der Waals surface area contributed by atoms with E-state index < -0.39 is 30.0 Å². The van der Waals surface area contributed by atoms with Gasteiger partial charge < -0.3 is 10.4 Å². The summed E-state index contributed by atoms with van der Waals surface area (Å²) >= 11 is 0. The number of nitrogens with one attached hydrogen (secondary N) is 1. The molecule has 0 spiro atoms. The molecule has 0 heterocycles. The van der Waals surface area contributed by atoms with Crippen molar-refractivity contribution in [3.63, 3.8) is 0 Å². The van der Waals surface area contributed by atoms with Gasteiger partial charge in [-0.25, -0.2) is 4.39 Å². The number of carboxylic acids is 1. The van der Waals surface area contributed by atoms with E-state index in [4.69, 9.17) is 5.11 Å². The van der Waals surface area contributed by atoms with E-state index in [1.54, 1.807) is 12.1 Å². The molecule has 0 radical (unpaired) electrons. The van der Waals surface area contributed by atoms with Gasteiger partial charge in [-0.2, -0.15) is 0 Å². The van der Waals surface area contributed by atoms with Crippen molar-refractivity contribution in [1.82, 2.24) is 5.32 Å². The molecule has 1 fully saturated rings. The largest absolute Gasteiger partial charge is 0.481 e. The molecule has 0 aliphatic heterocycles. The molecule has 0 aromatic heterocycles. The second-order valence-electron chi connectivity index (χ2n) is 6.01. The molecule has 0 saturated heterocycles. The Morgan fingerprint density at radius 1 is 1.08 bits per heavy atom. The summed E-state index contributed by atoms with van der Waals surface area (Å²) in [5.41, 5.74) is 2.76. The van der Waals surface area contributed by atoms with Crippen molar-refractivity contribution in [2.24, 2.45) is 5.92 Å². The molecule has 124 valence electrons. The van der Waals surface area contributed by atoms with Crippen molar-refractivity contribution in [2.45, 2.75) is 25.1 Å². The average Bonchev–Trinajstić information content (AvgIpc) is 3.32. The Morgan fingerprint density at radius 2 is 1.67 bits per heavy atom. The predicted octanol–water partition coefficient (Wildman–Crippen LogP) is 3.34.